The van der Waals surface area contributed by atoms with Crippen molar-refractivity contribution in [2.45, 2.75) is 45.7 Å². The van der Waals surface area contributed by atoms with Crippen LogP contribution in [-0.4, -0.2) is 53.1 Å². The number of hydrogen-bond donors (Lipinski definition) is 1. The summed E-state index contributed by atoms with van der Waals surface area (Å²) >= 11 is 0. The summed E-state index contributed by atoms with van der Waals surface area (Å²) in [4.78, 5) is 53.4. The Hall–Kier alpha value is -2.96. The molecule has 3 rings (SSSR count). The Morgan fingerprint density at radius 1 is 1.13 bits per heavy atom. The maximum atomic E-state index is 13.1. The van der Waals surface area contributed by atoms with Crippen molar-refractivity contribution in [2.24, 2.45) is 11.8 Å². The van der Waals surface area contributed by atoms with Crippen LogP contribution in [0.3, 0.4) is 0 Å². The molecule has 1 aromatic carbocycles. The van der Waals surface area contributed by atoms with Crippen LogP contribution in [0.1, 0.15) is 37.3 Å². The van der Waals surface area contributed by atoms with Crippen LogP contribution in [0, 0.1) is 18.8 Å². The van der Waals surface area contributed by atoms with E-state index in [9.17, 15) is 19.2 Å². The first-order chi connectivity index (χ1) is 14.3. The van der Waals surface area contributed by atoms with Gasteiger partial charge < -0.3 is 10.2 Å². The molecule has 0 radical (unpaired) electrons. The first-order valence-corrected chi connectivity index (χ1v) is 10.4. The highest BCUT2D eigenvalue weighted by Crippen LogP contribution is 2.35. The Labute approximate surface area is 177 Å². The molecule has 0 saturated carbocycles. The third-order valence-electron chi connectivity index (χ3n) is 6.16. The largest absolute Gasteiger partial charge is 0.357 e. The van der Waals surface area contributed by atoms with Crippen molar-refractivity contribution in [1.82, 2.24) is 15.1 Å². The highest BCUT2D eigenvalue weighted by Gasteiger charge is 2.47. The molecule has 1 aliphatic heterocycles. The summed E-state index contributed by atoms with van der Waals surface area (Å²) in [7, 11) is 1.53. The van der Waals surface area contributed by atoms with Crippen molar-refractivity contribution >= 4 is 23.6 Å². The van der Waals surface area contributed by atoms with Gasteiger partial charge in [-0.05, 0) is 37.8 Å². The van der Waals surface area contributed by atoms with Gasteiger partial charge in [-0.25, -0.2) is 0 Å². The minimum Gasteiger partial charge on any atom is -0.357 e. The van der Waals surface area contributed by atoms with Crippen molar-refractivity contribution in [3.63, 3.8) is 0 Å². The summed E-state index contributed by atoms with van der Waals surface area (Å²) in [6.07, 6.45) is 5.03. The van der Waals surface area contributed by atoms with Crippen molar-refractivity contribution in [2.75, 3.05) is 13.6 Å². The molecule has 7 nitrogen and oxygen atoms in total. The number of hydrogen-bond acceptors (Lipinski definition) is 4. The summed E-state index contributed by atoms with van der Waals surface area (Å²) in [6.45, 7) is 3.98. The fraction of sp³-hybridized carbons (Fsp3) is 0.478. The number of carbonyl (C=O) groups is 4. The van der Waals surface area contributed by atoms with Crippen LogP contribution in [-0.2, 0) is 25.7 Å². The lowest BCUT2D eigenvalue weighted by Crippen LogP contribution is -2.47. The molecule has 1 N–H and O–H groups in total. The minimum absolute atomic E-state index is 0.00242. The van der Waals surface area contributed by atoms with Crippen LogP contribution in [0.2, 0.25) is 0 Å². The molecule has 7 heteroatoms. The maximum absolute atomic E-state index is 13.1. The number of allylic oxidation sites excluding steroid dienone is 2. The molecular weight excluding hydrogens is 382 g/mol. The number of nitrogens with zero attached hydrogens (tertiary/aromatic N) is 2. The first-order valence-electron chi connectivity index (χ1n) is 10.4. The highest BCUT2D eigenvalue weighted by atomic mass is 16.2. The van der Waals surface area contributed by atoms with Gasteiger partial charge in [-0.3, -0.25) is 24.1 Å². The van der Waals surface area contributed by atoms with Gasteiger partial charge in [-0.1, -0.05) is 36.4 Å². The molecule has 30 heavy (non-hydrogen) atoms. The van der Waals surface area contributed by atoms with Crippen molar-refractivity contribution in [1.29, 1.82) is 0 Å². The van der Waals surface area contributed by atoms with Crippen molar-refractivity contribution < 1.29 is 19.2 Å². The summed E-state index contributed by atoms with van der Waals surface area (Å²) in [5.41, 5.74) is 1.98. The van der Waals surface area contributed by atoms with E-state index < -0.39 is 6.04 Å². The number of likely N-dealkylation sites (N-methyl/N-ethyl adjacent to an activating group) is 1. The van der Waals surface area contributed by atoms with Gasteiger partial charge in [0.25, 0.3) is 0 Å². The summed E-state index contributed by atoms with van der Waals surface area (Å²) in [6, 6.07) is 7.04. The van der Waals surface area contributed by atoms with Gasteiger partial charge >= 0.3 is 0 Å². The molecule has 1 fully saturated rings. The Morgan fingerprint density at radius 3 is 2.30 bits per heavy atom. The number of likely N-dealkylation sites (tertiary alicyclic amines) is 1. The smallest absolute Gasteiger partial charge is 0.242 e. The SMILES string of the molecule is CNC(=O)C(C)N(Cc1ccccc1C)C(=O)CCN1C(=O)[C@H]2CC=CC[C@H]2C1=O. The van der Waals surface area contributed by atoms with E-state index in [0.717, 1.165) is 11.1 Å². The quantitative estimate of drug-likeness (QED) is 0.548. The van der Waals surface area contributed by atoms with Crippen molar-refractivity contribution in [3.05, 3.63) is 47.5 Å². The van der Waals surface area contributed by atoms with Gasteiger partial charge in [0, 0.05) is 26.6 Å². The van der Waals surface area contributed by atoms with E-state index in [4.69, 9.17) is 0 Å². The number of imide groups is 1. The Balaban J connectivity index is 1.71. The average molecular weight is 412 g/mol. The van der Waals surface area contributed by atoms with Gasteiger partial charge in [0.1, 0.15) is 6.04 Å². The van der Waals surface area contributed by atoms with E-state index in [1.54, 1.807) is 6.92 Å². The standard InChI is InChI=1S/C23H29N3O4/c1-15-8-4-5-9-17(15)14-26(16(2)21(28)24-3)20(27)12-13-25-22(29)18-10-6-7-11-19(18)23(25)30/h4-9,16,18-19H,10-14H2,1-3H3,(H,24,28)/t16?,18-,19+. The number of rotatable bonds is 7. The number of nitrogens with one attached hydrogen (secondary N) is 1. The van der Waals surface area contributed by atoms with Gasteiger partial charge in [-0.2, -0.15) is 0 Å². The molecule has 4 amide bonds. The van der Waals surface area contributed by atoms with E-state index in [0.29, 0.717) is 12.8 Å². The van der Waals surface area contributed by atoms with Crippen LogP contribution in [0.4, 0.5) is 0 Å². The topological polar surface area (TPSA) is 86.8 Å². The fourth-order valence-corrected chi connectivity index (χ4v) is 4.20. The van der Waals surface area contributed by atoms with E-state index in [2.05, 4.69) is 5.32 Å². The fourth-order valence-electron chi connectivity index (χ4n) is 4.20. The second-order valence-electron chi connectivity index (χ2n) is 7.97. The van der Waals surface area contributed by atoms with Crippen LogP contribution in [0.15, 0.2) is 36.4 Å². The number of aryl methyl sites for hydroxylation is 1. The first kappa shape index (κ1) is 21.7. The van der Waals surface area contributed by atoms with E-state index in [-0.39, 0.29) is 55.0 Å². The summed E-state index contributed by atoms with van der Waals surface area (Å²) in [5, 5.41) is 2.59. The maximum Gasteiger partial charge on any atom is 0.242 e. The van der Waals surface area contributed by atoms with Gasteiger partial charge in [-0.15, -0.1) is 0 Å². The third-order valence-corrected chi connectivity index (χ3v) is 6.16. The average Bonchev–Trinajstić information content (AvgIpc) is 3.00. The lowest BCUT2D eigenvalue weighted by atomic mass is 9.85. The monoisotopic (exact) mass is 411 g/mol. The zero-order valence-electron chi connectivity index (χ0n) is 17.8. The second-order valence-corrected chi connectivity index (χ2v) is 7.97. The minimum atomic E-state index is -0.668. The molecule has 1 unspecified atom stereocenters. The van der Waals surface area contributed by atoms with Gasteiger partial charge in [0.2, 0.25) is 23.6 Å². The third kappa shape index (κ3) is 4.30. The normalized spacial score (nSPS) is 21.4. The molecule has 3 atom stereocenters. The molecule has 160 valence electrons. The molecule has 1 saturated heterocycles. The van der Waals surface area contributed by atoms with Gasteiger partial charge in [0.05, 0.1) is 11.8 Å². The molecule has 1 heterocycles. The Morgan fingerprint density at radius 2 is 1.73 bits per heavy atom. The molecule has 0 aromatic heterocycles. The van der Waals surface area contributed by atoms with Gasteiger partial charge in [0.15, 0.2) is 0 Å². The molecular formula is C23H29N3O4. The molecule has 1 aliphatic carbocycles. The number of carbonyl (C=O) groups excluding carboxylic acids is 4. The number of amides is 4. The van der Waals surface area contributed by atoms with Crippen LogP contribution in [0.25, 0.3) is 0 Å². The molecule has 2 aliphatic rings. The Kier molecular flexibility index (Phi) is 6.70. The van der Waals surface area contributed by atoms with Crippen LogP contribution >= 0.6 is 0 Å². The predicted molar refractivity (Wildman–Crippen MR) is 112 cm³/mol. The van der Waals surface area contributed by atoms with E-state index in [1.165, 1.54) is 16.8 Å². The van der Waals surface area contributed by atoms with Crippen LogP contribution in [0.5, 0.6) is 0 Å². The highest BCUT2D eigenvalue weighted by molar-refractivity contribution is 6.05. The van der Waals surface area contributed by atoms with E-state index >= 15 is 0 Å². The van der Waals surface area contributed by atoms with Crippen LogP contribution < -0.4 is 5.32 Å². The lowest BCUT2D eigenvalue weighted by Gasteiger charge is -2.29. The molecule has 0 spiro atoms. The summed E-state index contributed by atoms with van der Waals surface area (Å²) < 4.78 is 0. The predicted octanol–water partition coefficient (Wildman–Crippen LogP) is 1.80. The molecule has 0 bridgehead atoms. The number of fused-ring (bicyclic) bond motifs is 1. The molecule has 1 aromatic rings. The van der Waals surface area contributed by atoms with E-state index in [1.807, 2.05) is 43.3 Å². The Bertz CT molecular complexity index is 853. The van der Waals surface area contributed by atoms with Crippen molar-refractivity contribution in [3.8, 4) is 0 Å². The summed E-state index contributed by atoms with van der Waals surface area (Å²) in [5.74, 6) is -1.50. The zero-order valence-corrected chi connectivity index (χ0v) is 17.8. The number of benzene rings is 1. The zero-order chi connectivity index (χ0) is 21.8. The lowest BCUT2D eigenvalue weighted by molar-refractivity contribution is -0.143. The second kappa shape index (κ2) is 9.24.